The van der Waals surface area contributed by atoms with Gasteiger partial charge in [0.05, 0.1) is 10.5 Å². The van der Waals surface area contributed by atoms with E-state index in [1.165, 1.54) is 0 Å². The highest BCUT2D eigenvalue weighted by Crippen LogP contribution is 2.55. The smallest absolute Gasteiger partial charge is 0.405 e. The highest BCUT2D eigenvalue weighted by Gasteiger charge is 2.49. The van der Waals surface area contributed by atoms with E-state index in [9.17, 15) is 13.2 Å². The normalized spacial score (nSPS) is 17.4. The van der Waals surface area contributed by atoms with E-state index in [4.69, 9.17) is 12.6 Å². The van der Waals surface area contributed by atoms with E-state index < -0.39 is 30.8 Å². The molecule has 25 heavy (non-hydrogen) atoms. The van der Waals surface area contributed by atoms with Gasteiger partial charge in [-0.3, -0.25) is 0 Å². The number of alkyl halides is 3. The summed E-state index contributed by atoms with van der Waals surface area (Å²) in [5.74, 6) is 0.115. The van der Waals surface area contributed by atoms with Crippen molar-refractivity contribution < 1.29 is 40.6 Å². The summed E-state index contributed by atoms with van der Waals surface area (Å²) in [4.78, 5) is 0.647. The van der Waals surface area contributed by atoms with Gasteiger partial charge in [-0.2, -0.15) is 0 Å². The van der Waals surface area contributed by atoms with E-state index in [0.29, 0.717) is 9.58 Å². The Balaban J connectivity index is 0.000000511. The summed E-state index contributed by atoms with van der Waals surface area (Å²) in [6, 6.07) is 7.18. The lowest BCUT2D eigenvalue weighted by molar-refractivity contribution is -1.73. The Labute approximate surface area is 152 Å². The summed E-state index contributed by atoms with van der Waals surface area (Å²) in [5, 5.41) is 0.817. The zero-order chi connectivity index (χ0) is 18.6. The molecule has 140 valence electrons. The van der Waals surface area contributed by atoms with E-state index >= 15 is 0 Å². The van der Waals surface area contributed by atoms with Crippen molar-refractivity contribution >= 4 is 20.6 Å². The molecule has 1 aromatic carbocycles. The van der Waals surface area contributed by atoms with Crippen LogP contribution in [0.2, 0.25) is 0 Å². The third kappa shape index (κ3) is 5.40. The van der Waals surface area contributed by atoms with Crippen LogP contribution in [0.15, 0.2) is 24.3 Å². The first-order valence-electron chi connectivity index (χ1n) is 8.07. The van der Waals surface area contributed by atoms with Crippen LogP contribution < -0.4 is 12.6 Å². The Morgan fingerprint density at radius 1 is 1.04 bits per heavy atom. The highest BCUT2D eigenvalue weighted by molar-refractivity contribution is 7.38. The van der Waals surface area contributed by atoms with Crippen LogP contribution in [0.5, 0.6) is 0 Å². The lowest BCUT2D eigenvalue weighted by Crippen LogP contribution is -2.42. The number of hydrogen-bond donors (Lipinski definition) is 0. The third-order valence-electron chi connectivity index (χ3n) is 4.52. The van der Waals surface area contributed by atoms with Crippen LogP contribution in [0.4, 0.5) is 13.2 Å². The molecule has 1 aromatic heterocycles. The molecule has 0 radical (unpaired) electrons. The summed E-state index contributed by atoms with van der Waals surface area (Å²) in [7, 11) is -1.71. The Hall–Kier alpha value is -0.670. The summed E-state index contributed by atoms with van der Waals surface area (Å²) in [6.45, 7) is 1.91. The van der Waals surface area contributed by atoms with Crippen molar-refractivity contribution in [2.75, 3.05) is 0 Å². The van der Waals surface area contributed by atoms with Crippen molar-refractivity contribution in [2.45, 2.75) is 56.9 Å². The lowest BCUT2D eigenvalue weighted by Gasteiger charge is -2.10. The minimum absolute atomic E-state index is 0.115. The molecule has 1 aliphatic carbocycles. The van der Waals surface area contributed by atoms with Crippen molar-refractivity contribution in [1.82, 2.24) is 0 Å². The molecule has 1 fully saturated rings. The molecule has 0 saturated heterocycles. The molecule has 1 saturated carbocycles. The molecule has 1 heterocycles. The van der Waals surface area contributed by atoms with Crippen LogP contribution in [0.25, 0.3) is 10.1 Å². The minimum Gasteiger partial charge on any atom is -0.405 e. The monoisotopic (exact) mass is 440 g/mol. The highest BCUT2D eigenvalue weighted by atomic mass is 80.0. The molecule has 1 atom stereocenters. The maximum atomic E-state index is 13.6. The van der Waals surface area contributed by atoms with Crippen LogP contribution in [-0.4, -0.2) is 0 Å². The van der Waals surface area contributed by atoms with Crippen molar-refractivity contribution in [3.8, 4) is 0 Å². The zero-order valence-electron chi connectivity index (χ0n) is 13.8. The molecule has 1 aliphatic rings. The first-order valence-corrected chi connectivity index (χ1v) is 11.2. The van der Waals surface area contributed by atoms with E-state index in [2.05, 4.69) is 0 Å². The lowest BCUT2D eigenvalue weighted by atomic mass is 9.98. The van der Waals surface area contributed by atoms with Gasteiger partial charge in [0.1, 0.15) is 0 Å². The van der Waals surface area contributed by atoms with Gasteiger partial charge < -0.3 is 12.6 Å². The molecule has 3 nitrogen and oxygen atoms in total. The van der Waals surface area contributed by atoms with Gasteiger partial charge in [-0.05, 0) is 31.4 Å². The van der Waals surface area contributed by atoms with Gasteiger partial charge in [-0.1, -0.05) is 37.8 Å². The second-order valence-corrected chi connectivity index (χ2v) is 8.94. The average molecular weight is 441 g/mol. The summed E-state index contributed by atoms with van der Waals surface area (Å²) < 4.78 is 67.0. The molecule has 1 unspecified atom stereocenters. The van der Waals surface area contributed by atoms with Crippen molar-refractivity contribution in [2.24, 2.45) is 0 Å². The fourth-order valence-corrected chi connectivity index (χ4v) is 5.68. The standard InChI is InChI=1S/C17H20F3S.BrO3/c1-12-7-6-10-15-14(12)11-16(21(15)17(18,19)20)13-8-4-2-3-5-9-13;2-1(3)4/h6-7,10-11,13H,2-5,8-9H2,1H3;/q+1;-1. The maximum Gasteiger partial charge on any atom is 0.600 e. The number of fused-ring (bicyclic) bond motifs is 1. The molecular weight excluding hydrogens is 421 g/mol. The molecule has 0 aliphatic heterocycles. The Kier molecular flexibility index (Phi) is 7.28. The second-order valence-electron chi connectivity index (χ2n) is 6.16. The number of benzene rings is 1. The van der Waals surface area contributed by atoms with Crippen molar-refractivity contribution in [3.63, 3.8) is 0 Å². The van der Waals surface area contributed by atoms with Crippen LogP contribution >= 0.6 is 10.5 Å². The van der Waals surface area contributed by atoms with Gasteiger partial charge >= 0.3 is 5.51 Å². The van der Waals surface area contributed by atoms with Crippen LogP contribution in [0, 0.1) is 21.7 Å². The summed E-state index contributed by atoms with van der Waals surface area (Å²) in [5.41, 5.74) is -3.20. The van der Waals surface area contributed by atoms with Gasteiger partial charge in [0.25, 0.3) is 0 Å². The van der Waals surface area contributed by atoms with Crippen LogP contribution in [0.1, 0.15) is 54.9 Å². The fourth-order valence-electron chi connectivity index (χ4n) is 3.45. The molecule has 0 bridgehead atoms. The topological polar surface area (TPSA) is 69.2 Å². The van der Waals surface area contributed by atoms with Crippen molar-refractivity contribution in [1.29, 1.82) is 0 Å². The number of thiophene rings is 1. The average Bonchev–Trinajstić information content (AvgIpc) is 2.70. The molecule has 3 rings (SSSR count). The molecule has 0 N–H and O–H groups in total. The Bertz CT molecular complexity index is 689. The molecular formula is C17H20BrF3O3S. The summed E-state index contributed by atoms with van der Waals surface area (Å²) in [6.07, 6.45) is 6.28. The largest absolute Gasteiger partial charge is 0.600 e. The first-order chi connectivity index (χ1) is 11.7. The molecule has 2 aromatic rings. The quantitative estimate of drug-likeness (QED) is 0.504. The van der Waals surface area contributed by atoms with Gasteiger partial charge in [-0.15, -0.1) is 13.2 Å². The Morgan fingerprint density at radius 2 is 1.60 bits per heavy atom. The van der Waals surface area contributed by atoms with Crippen LogP contribution in [-0.2, 0) is 5.51 Å². The molecule has 8 heteroatoms. The third-order valence-corrected chi connectivity index (χ3v) is 6.70. The van der Waals surface area contributed by atoms with E-state index in [1.54, 1.807) is 12.1 Å². The Morgan fingerprint density at radius 3 is 2.12 bits per heavy atom. The van der Waals surface area contributed by atoms with Crippen molar-refractivity contribution in [3.05, 3.63) is 34.7 Å². The van der Waals surface area contributed by atoms with Gasteiger partial charge in [0.2, 0.25) is 14.8 Å². The molecule has 0 spiro atoms. The van der Waals surface area contributed by atoms with E-state index in [0.717, 1.165) is 49.5 Å². The minimum atomic E-state index is -4.16. The SMILES string of the molecule is Cc1cccc2c1cc(C1CCCCCC1)[s+]2C(F)(F)F.[O-][Br+2]([O-])[O-]. The van der Waals surface area contributed by atoms with E-state index in [-0.39, 0.29) is 5.92 Å². The number of rotatable bonds is 1. The van der Waals surface area contributed by atoms with E-state index in [1.807, 2.05) is 19.1 Å². The number of aryl methyl sites for hydroxylation is 1. The van der Waals surface area contributed by atoms with Crippen LogP contribution in [0.3, 0.4) is 0 Å². The number of hydrogen-bond acceptors (Lipinski definition) is 3. The second kappa shape index (κ2) is 8.81. The fraction of sp³-hybridized carbons (Fsp3) is 0.529. The van der Waals surface area contributed by atoms with Gasteiger partial charge in [0, 0.05) is 17.4 Å². The predicted molar refractivity (Wildman–Crippen MR) is 82.9 cm³/mol. The predicted octanol–water partition coefficient (Wildman–Crippen LogP) is 3.24. The maximum absolute atomic E-state index is 13.6. The zero-order valence-corrected chi connectivity index (χ0v) is 16.2. The summed E-state index contributed by atoms with van der Waals surface area (Å²) >= 11 is -3.65. The first kappa shape index (κ1) is 20.6. The van der Waals surface area contributed by atoms with Gasteiger partial charge in [0.15, 0.2) is 9.58 Å². The number of halogens is 4. The van der Waals surface area contributed by atoms with Gasteiger partial charge in [-0.25, -0.2) is 0 Å². The molecule has 0 amide bonds.